The SMILES string of the molecule is Cc1ccc(OC(C)C(=O)OC(C)C(=O)Nc2cccc(C)c2)cc1. The summed E-state index contributed by atoms with van der Waals surface area (Å²) in [6, 6.07) is 14.8. The number of hydrogen-bond donors (Lipinski definition) is 1. The lowest BCUT2D eigenvalue weighted by atomic mass is 10.2. The van der Waals surface area contributed by atoms with Crippen molar-refractivity contribution in [2.24, 2.45) is 0 Å². The largest absolute Gasteiger partial charge is 0.479 e. The molecule has 25 heavy (non-hydrogen) atoms. The fourth-order valence-corrected chi connectivity index (χ4v) is 2.16. The van der Waals surface area contributed by atoms with Gasteiger partial charge in [0.1, 0.15) is 5.75 Å². The molecule has 0 saturated heterocycles. The summed E-state index contributed by atoms with van der Waals surface area (Å²) in [7, 11) is 0. The first-order valence-electron chi connectivity index (χ1n) is 8.16. The number of carbonyl (C=O) groups is 2. The van der Waals surface area contributed by atoms with E-state index in [9.17, 15) is 9.59 Å². The zero-order valence-electron chi connectivity index (χ0n) is 14.9. The van der Waals surface area contributed by atoms with Gasteiger partial charge in [-0.25, -0.2) is 4.79 Å². The van der Waals surface area contributed by atoms with E-state index in [1.54, 1.807) is 25.1 Å². The van der Waals surface area contributed by atoms with Gasteiger partial charge in [0, 0.05) is 5.69 Å². The van der Waals surface area contributed by atoms with Crippen LogP contribution >= 0.6 is 0 Å². The number of esters is 1. The number of anilines is 1. The van der Waals surface area contributed by atoms with Crippen molar-refractivity contribution in [3.63, 3.8) is 0 Å². The number of rotatable bonds is 6. The van der Waals surface area contributed by atoms with Crippen LogP contribution in [0.1, 0.15) is 25.0 Å². The van der Waals surface area contributed by atoms with E-state index >= 15 is 0 Å². The molecule has 1 amide bonds. The monoisotopic (exact) mass is 341 g/mol. The molecule has 1 N–H and O–H groups in total. The molecule has 0 saturated carbocycles. The Morgan fingerprint density at radius 2 is 1.60 bits per heavy atom. The summed E-state index contributed by atoms with van der Waals surface area (Å²) in [5.74, 6) is -0.402. The van der Waals surface area contributed by atoms with Gasteiger partial charge in [-0.2, -0.15) is 0 Å². The van der Waals surface area contributed by atoms with Crippen molar-refractivity contribution in [3.8, 4) is 5.75 Å². The maximum absolute atomic E-state index is 12.1. The van der Waals surface area contributed by atoms with Gasteiger partial charge >= 0.3 is 5.97 Å². The molecule has 132 valence electrons. The van der Waals surface area contributed by atoms with E-state index in [1.807, 2.05) is 44.2 Å². The maximum Gasteiger partial charge on any atom is 0.347 e. The van der Waals surface area contributed by atoms with Crippen LogP contribution in [0.15, 0.2) is 48.5 Å². The number of amides is 1. The number of carbonyl (C=O) groups excluding carboxylic acids is 2. The zero-order chi connectivity index (χ0) is 18.4. The molecule has 0 bridgehead atoms. The van der Waals surface area contributed by atoms with Crippen LogP contribution < -0.4 is 10.1 Å². The number of ether oxygens (including phenoxy) is 2. The minimum Gasteiger partial charge on any atom is -0.479 e. The Morgan fingerprint density at radius 1 is 0.920 bits per heavy atom. The van der Waals surface area contributed by atoms with E-state index in [1.165, 1.54) is 6.92 Å². The average molecular weight is 341 g/mol. The molecule has 5 nitrogen and oxygen atoms in total. The van der Waals surface area contributed by atoms with Crippen LogP contribution in [-0.2, 0) is 14.3 Å². The number of benzene rings is 2. The number of aryl methyl sites for hydroxylation is 2. The van der Waals surface area contributed by atoms with E-state index in [4.69, 9.17) is 9.47 Å². The van der Waals surface area contributed by atoms with Gasteiger partial charge in [0.2, 0.25) is 0 Å². The molecule has 5 heteroatoms. The predicted octanol–water partition coefficient (Wildman–Crippen LogP) is 3.64. The molecule has 0 aromatic heterocycles. The summed E-state index contributed by atoms with van der Waals surface area (Å²) in [5.41, 5.74) is 2.79. The zero-order valence-corrected chi connectivity index (χ0v) is 14.9. The second-order valence-electron chi connectivity index (χ2n) is 6.01. The molecule has 0 radical (unpaired) electrons. The summed E-state index contributed by atoms with van der Waals surface area (Å²) in [5, 5.41) is 2.73. The molecule has 2 aromatic carbocycles. The number of nitrogens with one attached hydrogen (secondary N) is 1. The topological polar surface area (TPSA) is 64.6 Å². The molecule has 0 fully saturated rings. The molecule has 0 aliphatic carbocycles. The standard InChI is InChI=1S/C20H23NO4/c1-13-8-10-18(11-9-13)24-16(4)20(23)25-15(3)19(22)21-17-7-5-6-14(2)12-17/h5-12,15-16H,1-4H3,(H,21,22). The summed E-state index contributed by atoms with van der Waals surface area (Å²) in [6.45, 7) is 7.02. The van der Waals surface area contributed by atoms with Gasteiger partial charge in [-0.3, -0.25) is 4.79 Å². The van der Waals surface area contributed by atoms with Gasteiger partial charge in [-0.1, -0.05) is 29.8 Å². The highest BCUT2D eigenvalue weighted by molar-refractivity contribution is 5.95. The Kier molecular flexibility index (Phi) is 6.17. The smallest absolute Gasteiger partial charge is 0.347 e. The molecule has 2 aromatic rings. The van der Waals surface area contributed by atoms with Gasteiger partial charge in [0.25, 0.3) is 5.91 Å². The van der Waals surface area contributed by atoms with Crippen molar-refractivity contribution in [2.45, 2.75) is 39.9 Å². The van der Waals surface area contributed by atoms with Gasteiger partial charge in [0.15, 0.2) is 12.2 Å². The Bertz CT molecular complexity index is 740. The van der Waals surface area contributed by atoms with Gasteiger partial charge in [0.05, 0.1) is 0 Å². The van der Waals surface area contributed by atoms with Crippen LogP contribution in [0.2, 0.25) is 0 Å². The van der Waals surface area contributed by atoms with Crippen LogP contribution in [0.5, 0.6) is 5.75 Å². The lowest BCUT2D eigenvalue weighted by molar-refractivity contribution is -0.159. The van der Waals surface area contributed by atoms with Crippen LogP contribution in [0.3, 0.4) is 0 Å². The lowest BCUT2D eigenvalue weighted by Gasteiger charge is -2.18. The normalized spacial score (nSPS) is 12.8. The Morgan fingerprint density at radius 3 is 2.24 bits per heavy atom. The fraction of sp³-hybridized carbons (Fsp3) is 0.300. The lowest BCUT2D eigenvalue weighted by Crippen LogP contribution is -2.35. The molecule has 2 rings (SSSR count). The minimum absolute atomic E-state index is 0.388. The van der Waals surface area contributed by atoms with Crippen molar-refractivity contribution < 1.29 is 19.1 Å². The van der Waals surface area contributed by atoms with Crippen molar-refractivity contribution in [2.75, 3.05) is 5.32 Å². The van der Waals surface area contributed by atoms with Crippen molar-refractivity contribution in [1.82, 2.24) is 0 Å². The third-order valence-corrected chi connectivity index (χ3v) is 3.61. The van der Waals surface area contributed by atoms with E-state index < -0.39 is 18.2 Å². The second kappa shape index (κ2) is 8.33. The highest BCUT2D eigenvalue weighted by Crippen LogP contribution is 2.15. The summed E-state index contributed by atoms with van der Waals surface area (Å²) >= 11 is 0. The van der Waals surface area contributed by atoms with Crippen LogP contribution in [0.4, 0.5) is 5.69 Å². The summed E-state index contributed by atoms with van der Waals surface area (Å²) < 4.78 is 10.7. The molecule has 0 heterocycles. The Hall–Kier alpha value is -2.82. The van der Waals surface area contributed by atoms with Gasteiger partial charge in [-0.05, 0) is 57.5 Å². The van der Waals surface area contributed by atoms with E-state index in [2.05, 4.69) is 5.32 Å². The molecule has 2 unspecified atom stereocenters. The summed E-state index contributed by atoms with van der Waals surface area (Å²) in [6.07, 6.45) is -1.73. The molecule has 0 aliphatic heterocycles. The van der Waals surface area contributed by atoms with E-state index in [0.717, 1.165) is 11.1 Å². The first kappa shape index (κ1) is 18.5. The van der Waals surface area contributed by atoms with Gasteiger partial charge < -0.3 is 14.8 Å². The van der Waals surface area contributed by atoms with E-state index in [0.29, 0.717) is 11.4 Å². The first-order valence-corrected chi connectivity index (χ1v) is 8.16. The first-order chi connectivity index (χ1) is 11.8. The highest BCUT2D eigenvalue weighted by atomic mass is 16.6. The fourth-order valence-electron chi connectivity index (χ4n) is 2.16. The Balaban J connectivity index is 1.87. The third-order valence-electron chi connectivity index (χ3n) is 3.61. The minimum atomic E-state index is -0.919. The second-order valence-corrected chi connectivity index (χ2v) is 6.01. The number of hydrogen-bond acceptors (Lipinski definition) is 4. The highest BCUT2D eigenvalue weighted by Gasteiger charge is 2.23. The van der Waals surface area contributed by atoms with Crippen molar-refractivity contribution in [3.05, 3.63) is 59.7 Å². The van der Waals surface area contributed by atoms with Crippen LogP contribution in [0, 0.1) is 13.8 Å². The Labute approximate surface area is 148 Å². The van der Waals surface area contributed by atoms with Gasteiger partial charge in [-0.15, -0.1) is 0 Å². The molecule has 0 spiro atoms. The molecular formula is C20H23NO4. The van der Waals surface area contributed by atoms with Crippen LogP contribution in [-0.4, -0.2) is 24.1 Å². The van der Waals surface area contributed by atoms with Crippen molar-refractivity contribution >= 4 is 17.6 Å². The quantitative estimate of drug-likeness (QED) is 0.815. The van der Waals surface area contributed by atoms with E-state index in [-0.39, 0.29) is 5.91 Å². The van der Waals surface area contributed by atoms with Crippen molar-refractivity contribution in [1.29, 1.82) is 0 Å². The maximum atomic E-state index is 12.1. The molecular weight excluding hydrogens is 318 g/mol. The van der Waals surface area contributed by atoms with Crippen LogP contribution in [0.25, 0.3) is 0 Å². The average Bonchev–Trinajstić information content (AvgIpc) is 2.56. The molecule has 2 atom stereocenters. The molecule has 0 aliphatic rings. The summed E-state index contributed by atoms with van der Waals surface area (Å²) in [4.78, 5) is 24.3. The predicted molar refractivity (Wildman–Crippen MR) is 96.6 cm³/mol. The third kappa shape index (κ3) is 5.64.